The largest absolute Gasteiger partial charge is 0.394 e. The summed E-state index contributed by atoms with van der Waals surface area (Å²) in [4.78, 5) is 0. The van der Waals surface area contributed by atoms with E-state index in [1.165, 1.54) is 83.5 Å². The second kappa shape index (κ2) is 14.8. The Morgan fingerprint density at radius 3 is 1.29 bits per heavy atom. The third-order valence-electron chi connectivity index (χ3n) is 4.62. The average Bonchev–Trinajstić information content (AvgIpc) is 2.50. The number of nitrogens with two attached hydrogens (primary N) is 1. The van der Waals surface area contributed by atoms with Crippen LogP contribution in [-0.4, -0.2) is 17.3 Å². The van der Waals surface area contributed by atoms with Crippen molar-refractivity contribution in [2.45, 2.75) is 116 Å². The highest BCUT2D eigenvalue weighted by Crippen LogP contribution is 2.21. The van der Waals surface area contributed by atoms with Gasteiger partial charge in [0.2, 0.25) is 0 Å². The Balaban J connectivity index is 3.55. The summed E-state index contributed by atoms with van der Waals surface area (Å²) in [6.45, 7) is 4.66. The molecule has 3 N–H and O–H groups in total. The smallest absolute Gasteiger partial charge is 0.0611 e. The molecule has 0 aliphatic rings. The van der Waals surface area contributed by atoms with E-state index in [1.54, 1.807) is 0 Å². The van der Waals surface area contributed by atoms with Crippen LogP contribution in [0.25, 0.3) is 0 Å². The normalized spacial score (nSPS) is 14.3. The lowest BCUT2D eigenvalue weighted by Gasteiger charge is -2.27. The zero-order chi connectivity index (χ0) is 15.8. The number of unbranched alkanes of at least 4 members (excludes halogenated alkanes) is 11. The number of hydrogen-bond donors (Lipinski definition) is 2. The van der Waals surface area contributed by atoms with Crippen LogP contribution in [0.4, 0.5) is 0 Å². The minimum absolute atomic E-state index is 0.151. The molecule has 0 saturated carbocycles. The van der Waals surface area contributed by atoms with Crippen LogP contribution in [-0.2, 0) is 0 Å². The third kappa shape index (κ3) is 13.3. The molecule has 0 aliphatic heterocycles. The molecule has 0 bridgehead atoms. The summed E-state index contributed by atoms with van der Waals surface area (Å²) in [7, 11) is 0. The van der Waals surface area contributed by atoms with Crippen molar-refractivity contribution in [3.63, 3.8) is 0 Å². The standard InChI is InChI=1S/C19H41NO/c1-3-5-7-9-11-13-15-17-19(20,18-21)16-14-12-10-8-6-4-2/h21H,3-18,20H2,1-2H3. The summed E-state index contributed by atoms with van der Waals surface area (Å²) in [5.74, 6) is 0. The van der Waals surface area contributed by atoms with Gasteiger partial charge >= 0.3 is 0 Å². The van der Waals surface area contributed by atoms with Crippen molar-refractivity contribution in [1.82, 2.24) is 0 Å². The van der Waals surface area contributed by atoms with Crippen LogP contribution >= 0.6 is 0 Å². The van der Waals surface area contributed by atoms with E-state index in [9.17, 15) is 5.11 Å². The SMILES string of the molecule is CCCCCCCCCC(N)(CO)CCCCCCCC. The lowest BCUT2D eigenvalue weighted by Crippen LogP contribution is -2.43. The van der Waals surface area contributed by atoms with Crippen LogP contribution in [0.5, 0.6) is 0 Å². The van der Waals surface area contributed by atoms with Crippen molar-refractivity contribution in [3.05, 3.63) is 0 Å². The van der Waals surface area contributed by atoms with Crippen molar-refractivity contribution < 1.29 is 5.11 Å². The monoisotopic (exact) mass is 299 g/mol. The van der Waals surface area contributed by atoms with Gasteiger partial charge in [-0.3, -0.25) is 0 Å². The van der Waals surface area contributed by atoms with Crippen LogP contribution in [0.2, 0.25) is 0 Å². The summed E-state index contributed by atoms with van der Waals surface area (Å²) in [6.07, 6.45) is 19.0. The van der Waals surface area contributed by atoms with Crippen molar-refractivity contribution >= 4 is 0 Å². The Bertz CT molecular complexity index is 208. The molecule has 1 atom stereocenters. The molecule has 0 amide bonds. The van der Waals surface area contributed by atoms with Crippen LogP contribution in [0.15, 0.2) is 0 Å². The van der Waals surface area contributed by atoms with E-state index in [2.05, 4.69) is 13.8 Å². The van der Waals surface area contributed by atoms with Gasteiger partial charge in [-0.1, -0.05) is 97.3 Å². The van der Waals surface area contributed by atoms with Gasteiger partial charge < -0.3 is 10.8 Å². The van der Waals surface area contributed by atoms with Crippen LogP contribution < -0.4 is 5.73 Å². The molecule has 0 aromatic heterocycles. The molecule has 0 heterocycles. The molecule has 0 radical (unpaired) electrons. The minimum Gasteiger partial charge on any atom is -0.394 e. The number of hydrogen-bond acceptors (Lipinski definition) is 2. The van der Waals surface area contributed by atoms with Gasteiger partial charge in [0, 0.05) is 5.54 Å². The second-order valence-corrected chi connectivity index (χ2v) is 6.91. The lowest BCUT2D eigenvalue weighted by atomic mass is 9.88. The molecule has 2 heteroatoms. The van der Waals surface area contributed by atoms with E-state index in [-0.39, 0.29) is 12.1 Å². The maximum Gasteiger partial charge on any atom is 0.0611 e. The number of rotatable bonds is 16. The Morgan fingerprint density at radius 2 is 0.952 bits per heavy atom. The molecular weight excluding hydrogens is 258 g/mol. The highest BCUT2D eigenvalue weighted by atomic mass is 16.3. The fourth-order valence-electron chi connectivity index (χ4n) is 2.97. The maximum atomic E-state index is 9.57. The zero-order valence-electron chi connectivity index (χ0n) is 14.8. The minimum atomic E-state index is -0.311. The van der Waals surface area contributed by atoms with Gasteiger partial charge in [-0.05, 0) is 12.8 Å². The summed E-state index contributed by atoms with van der Waals surface area (Å²) in [6, 6.07) is 0. The van der Waals surface area contributed by atoms with Crippen LogP contribution in [0.1, 0.15) is 110 Å². The predicted molar refractivity (Wildman–Crippen MR) is 94.6 cm³/mol. The van der Waals surface area contributed by atoms with Crippen molar-refractivity contribution in [2.24, 2.45) is 5.73 Å². The highest BCUT2D eigenvalue weighted by Gasteiger charge is 2.22. The Kier molecular flexibility index (Phi) is 14.8. The van der Waals surface area contributed by atoms with Crippen LogP contribution in [0.3, 0.4) is 0 Å². The van der Waals surface area contributed by atoms with Gasteiger partial charge in [0.25, 0.3) is 0 Å². The van der Waals surface area contributed by atoms with Gasteiger partial charge in [-0.2, -0.15) is 0 Å². The molecule has 21 heavy (non-hydrogen) atoms. The first kappa shape index (κ1) is 20.9. The van der Waals surface area contributed by atoms with E-state index >= 15 is 0 Å². The van der Waals surface area contributed by atoms with Gasteiger partial charge in [-0.25, -0.2) is 0 Å². The van der Waals surface area contributed by atoms with Gasteiger partial charge in [0.1, 0.15) is 0 Å². The first-order valence-corrected chi connectivity index (χ1v) is 9.58. The average molecular weight is 300 g/mol. The number of aliphatic hydroxyl groups is 1. The molecule has 1 unspecified atom stereocenters. The number of aliphatic hydroxyl groups excluding tert-OH is 1. The molecular formula is C19H41NO. The zero-order valence-corrected chi connectivity index (χ0v) is 14.8. The first-order chi connectivity index (χ1) is 10.2. The molecule has 128 valence electrons. The fraction of sp³-hybridized carbons (Fsp3) is 1.00. The fourth-order valence-corrected chi connectivity index (χ4v) is 2.97. The van der Waals surface area contributed by atoms with E-state index in [0.29, 0.717) is 0 Å². The third-order valence-corrected chi connectivity index (χ3v) is 4.62. The quantitative estimate of drug-likeness (QED) is 0.366. The van der Waals surface area contributed by atoms with Crippen molar-refractivity contribution in [3.8, 4) is 0 Å². The van der Waals surface area contributed by atoms with Gasteiger partial charge in [0.15, 0.2) is 0 Å². The van der Waals surface area contributed by atoms with Crippen molar-refractivity contribution in [1.29, 1.82) is 0 Å². The first-order valence-electron chi connectivity index (χ1n) is 9.58. The molecule has 0 aromatic carbocycles. The predicted octanol–water partition coefficient (Wildman–Crippen LogP) is 5.57. The molecule has 0 aromatic rings. The van der Waals surface area contributed by atoms with Gasteiger partial charge in [0.05, 0.1) is 6.61 Å². The summed E-state index contributed by atoms with van der Waals surface area (Å²) in [5.41, 5.74) is 6.04. The molecule has 0 rings (SSSR count). The highest BCUT2D eigenvalue weighted by molar-refractivity contribution is 4.83. The van der Waals surface area contributed by atoms with Crippen molar-refractivity contribution in [2.75, 3.05) is 6.61 Å². The molecule has 0 spiro atoms. The van der Waals surface area contributed by atoms with E-state index in [0.717, 1.165) is 12.8 Å². The molecule has 2 nitrogen and oxygen atoms in total. The summed E-state index contributed by atoms with van der Waals surface area (Å²) >= 11 is 0. The summed E-state index contributed by atoms with van der Waals surface area (Å²) < 4.78 is 0. The van der Waals surface area contributed by atoms with Crippen LogP contribution in [0, 0.1) is 0 Å². The Labute approximate surface area is 133 Å². The lowest BCUT2D eigenvalue weighted by molar-refractivity contribution is 0.171. The Morgan fingerprint density at radius 1 is 0.619 bits per heavy atom. The second-order valence-electron chi connectivity index (χ2n) is 6.91. The van der Waals surface area contributed by atoms with E-state index < -0.39 is 0 Å². The Hall–Kier alpha value is -0.0800. The van der Waals surface area contributed by atoms with E-state index in [4.69, 9.17) is 5.73 Å². The van der Waals surface area contributed by atoms with E-state index in [1.807, 2.05) is 0 Å². The summed E-state index contributed by atoms with van der Waals surface area (Å²) in [5, 5.41) is 9.57. The topological polar surface area (TPSA) is 46.2 Å². The molecule has 0 fully saturated rings. The molecule has 0 saturated heterocycles. The maximum absolute atomic E-state index is 9.57. The van der Waals surface area contributed by atoms with Gasteiger partial charge in [-0.15, -0.1) is 0 Å². The molecule has 0 aliphatic carbocycles.